The summed E-state index contributed by atoms with van der Waals surface area (Å²) in [6.45, 7) is 1.85. The van der Waals surface area contributed by atoms with Crippen LogP contribution in [0.4, 0.5) is 5.82 Å². The minimum Gasteiger partial charge on any atom is -0.481 e. The fourth-order valence-electron chi connectivity index (χ4n) is 1.26. The van der Waals surface area contributed by atoms with Crippen molar-refractivity contribution >= 4 is 11.8 Å². The van der Waals surface area contributed by atoms with Gasteiger partial charge in [0.05, 0.1) is 6.42 Å². The quantitative estimate of drug-likeness (QED) is 0.707. The molecule has 0 aliphatic carbocycles. The van der Waals surface area contributed by atoms with E-state index in [0.29, 0.717) is 12.2 Å². The van der Waals surface area contributed by atoms with Gasteiger partial charge in [-0.15, -0.1) is 0 Å². The average molecular weight is 183 g/mol. The number of aryl methyl sites for hydroxylation is 1. The Morgan fingerprint density at radius 2 is 2.31 bits per heavy atom. The molecule has 0 fully saturated rings. The van der Waals surface area contributed by atoms with E-state index in [4.69, 9.17) is 10.8 Å². The average Bonchev–Trinajstić information content (AvgIpc) is 2.24. The van der Waals surface area contributed by atoms with Crippen LogP contribution in [0.25, 0.3) is 0 Å². The van der Waals surface area contributed by atoms with E-state index in [0.717, 1.165) is 11.3 Å². The van der Waals surface area contributed by atoms with Crippen molar-refractivity contribution in [2.24, 2.45) is 7.05 Å². The van der Waals surface area contributed by atoms with E-state index >= 15 is 0 Å². The Balaban J connectivity index is 2.81. The van der Waals surface area contributed by atoms with Crippen LogP contribution in [0.3, 0.4) is 0 Å². The summed E-state index contributed by atoms with van der Waals surface area (Å²) in [5.41, 5.74) is 7.34. The summed E-state index contributed by atoms with van der Waals surface area (Å²) >= 11 is 0. The number of rotatable bonds is 3. The highest BCUT2D eigenvalue weighted by atomic mass is 16.4. The predicted octanol–water partition coefficient (Wildman–Crippen LogP) is 0.328. The molecule has 1 heterocycles. The molecule has 0 amide bonds. The Hall–Kier alpha value is -1.52. The predicted molar refractivity (Wildman–Crippen MR) is 48.3 cm³/mol. The fraction of sp³-hybridized carbons (Fsp3) is 0.500. The topological polar surface area (TPSA) is 81.1 Å². The zero-order chi connectivity index (χ0) is 10.0. The van der Waals surface area contributed by atoms with Crippen LogP contribution in [-0.4, -0.2) is 20.9 Å². The van der Waals surface area contributed by atoms with Gasteiger partial charge in [0.25, 0.3) is 0 Å². The van der Waals surface area contributed by atoms with Crippen molar-refractivity contribution in [2.75, 3.05) is 5.73 Å². The van der Waals surface area contributed by atoms with E-state index < -0.39 is 5.97 Å². The molecule has 72 valence electrons. The number of hydrogen-bond donors (Lipinski definition) is 2. The molecule has 5 nitrogen and oxygen atoms in total. The molecule has 0 aliphatic heterocycles. The summed E-state index contributed by atoms with van der Waals surface area (Å²) in [7, 11) is 1.76. The third-order valence-electron chi connectivity index (χ3n) is 2.04. The van der Waals surface area contributed by atoms with Gasteiger partial charge in [-0.2, -0.15) is 5.10 Å². The molecular weight excluding hydrogens is 170 g/mol. The minimum atomic E-state index is -0.806. The second-order valence-electron chi connectivity index (χ2n) is 2.97. The molecule has 0 saturated carbocycles. The van der Waals surface area contributed by atoms with Crippen LogP contribution in [0.15, 0.2) is 0 Å². The normalized spacial score (nSPS) is 10.3. The summed E-state index contributed by atoms with van der Waals surface area (Å²) in [6, 6.07) is 0. The van der Waals surface area contributed by atoms with Crippen molar-refractivity contribution in [1.29, 1.82) is 0 Å². The molecule has 3 N–H and O–H groups in total. The van der Waals surface area contributed by atoms with Crippen LogP contribution in [0, 0.1) is 6.92 Å². The minimum absolute atomic E-state index is 0.111. The number of hydrogen-bond acceptors (Lipinski definition) is 3. The van der Waals surface area contributed by atoms with E-state index in [1.165, 1.54) is 0 Å². The Labute approximate surface area is 76.2 Å². The lowest BCUT2D eigenvalue weighted by Gasteiger charge is -2.00. The number of aromatic nitrogens is 2. The Bertz CT molecular complexity index is 330. The summed E-state index contributed by atoms with van der Waals surface area (Å²) < 4.78 is 1.63. The van der Waals surface area contributed by atoms with E-state index in [2.05, 4.69) is 5.10 Å². The van der Waals surface area contributed by atoms with Crippen LogP contribution in [-0.2, 0) is 18.3 Å². The van der Waals surface area contributed by atoms with E-state index in [1.54, 1.807) is 11.7 Å². The number of aliphatic carboxylic acids is 1. The van der Waals surface area contributed by atoms with Crippen LogP contribution in [0.1, 0.15) is 17.7 Å². The molecular formula is C8H13N3O2. The first-order valence-electron chi connectivity index (χ1n) is 4.02. The van der Waals surface area contributed by atoms with E-state index in [1.807, 2.05) is 6.92 Å². The highest BCUT2D eigenvalue weighted by molar-refractivity contribution is 5.67. The van der Waals surface area contributed by atoms with Gasteiger partial charge in [0.15, 0.2) is 0 Å². The first-order chi connectivity index (χ1) is 6.02. The molecule has 5 heteroatoms. The highest BCUT2D eigenvalue weighted by Crippen LogP contribution is 2.15. The lowest BCUT2D eigenvalue weighted by atomic mass is 10.1. The summed E-state index contributed by atoms with van der Waals surface area (Å²) in [4.78, 5) is 10.3. The molecule has 0 atom stereocenters. The second-order valence-corrected chi connectivity index (χ2v) is 2.97. The van der Waals surface area contributed by atoms with Gasteiger partial charge in [-0.25, -0.2) is 0 Å². The van der Waals surface area contributed by atoms with Gasteiger partial charge in [-0.05, 0) is 6.92 Å². The van der Waals surface area contributed by atoms with Gasteiger partial charge in [0.2, 0.25) is 0 Å². The first-order valence-corrected chi connectivity index (χ1v) is 4.02. The first kappa shape index (κ1) is 9.57. The highest BCUT2D eigenvalue weighted by Gasteiger charge is 2.10. The molecule has 1 aromatic heterocycles. The molecule has 0 bridgehead atoms. The Kier molecular flexibility index (Phi) is 2.55. The lowest BCUT2D eigenvalue weighted by molar-refractivity contribution is -0.136. The standard InChI is InChI=1S/C8H13N3O2/c1-5-6(3-4-7(12)13)11(2)10-8(5)9/h3-4H2,1-2H3,(H2,9,10)(H,12,13). The number of carboxylic acid groups (broad SMARTS) is 1. The van der Waals surface area contributed by atoms with Crippen molar-refractivity contribution in [3.05, 3.63) is 11.3 Å². The molecule has 0 unspecified atom stereocenters. The maximum absolute atomic E-state index is 10.3. The number of nitrogen functional groups attached to an aromatic ring is 1. The fourth-order valence-corrected chi connectivity index (χ4v) is 1.26. The number of carbonyl (C=O) groups is 1. The molecule has 13 heavy (non-hydrogen) atoms. The third kappa shape index (κ3) is 1.99. The smallest absolute Gasteiger partial charge is 0.303 e. The van der Waals surface area contributed by atoms with Gasteiger partial charge in [-0.1, -0.05) is 0 Å². The van der Waals surface area contributed by atoms with Crippen LogP contribution < -0.4 is 5.73 Å². The third-order valence-corrected chi connectivity index (χ3v) is 2.04. The van der Waals surface area contributed by atoms with Crippen molar-refractivity contribution in [1.82, 2.24) is 9.78 Å². The molecule has 1 aromatic rings. The number of nitrogens with zero attached hydrogens (tertiary/aromatic N) is 2. The Morgan fingerprint density at radius 3 is 2.69 bits per heavy atom. The number of anilines is 1. The van der Waals surface area contributed by atoms with Crippen LogP contribution in [0.5, 0.6) is 0 Å². The van der Waals surface area contributed by atoms with Crippen molar-refractivity contribution in [3.8, 4) is 0 Å². The molecule has 0 saturated heterocycles. The molecule has 0 aromatic carbocycles. The van der Waals surface area contributed by atoms with E-state index in [9.17, 15) is 4.79 Å². The second kappa shape index (κ2) is 3.47. The van der Waals surface area contributed by atoms with Crippen LogP contribution >= 0.6 is 0 Å². The number of nitrogens with two attached hydrogens (primary N) is 1. The van der Waals surface area contributed by atoms with Gasteiger partial charge >= 0.3 is 5.97 Å². The van der Waals surface area contributed by atoms with Gasteiger partial charge in [-0.3, -0.25) is 9.48 Å². The zero-order valence-electron chi connectivity index (χ0n) is 7.74. The summed E-state index contributed by atoms with van der Waals surface area (Å²) in [5.74, 6) is -0.331. The Morgan fingerprint density at radius 1 is 1.69 bits per heavy atom. The van der Waals surface area contributed by atoms with Crippen molar-refractivity contribution < 1.29 is 9.90 Å². The van der Waals surface area contributed by atoms with Gasteiger partial charge in [0, 0.05) is 24.7 Å². The number of carboxylic acids is 1. The monoisotopic (exact) mass is 183 g/mol. The summed E-state index contributed by atoms with van der Waals surface area (Å²) in [6.07, 6.45) is 0.585. The molecule has 0 aliphatic rings. The maximum atomic E-state index is 10.3. The van der Waals surface area contributed by atoms with Gasteiger partial charge in [0.1, 0.15) is 5.82 Å². The largest absolute Gasteiger partial charge is 0.481 e. The maximum Gasteiger partial charge on any atom is 0.303 e. The van der Waals surface area contributed by atoms with Crippen molar-refractivity contribution in [3.63, 3.8) is 0 Å². The molecule has 0 spiro atoms. The van der Waals surface area contributed by atoms with Crippen molar-refractivity contribution in [2.45, 2.75) is 19.8 Å². The zero-order valence-corrected chi connectivity index (χ0v) is 7.74. The van der Waals surface area contributed by atoms with Crippen LogP contribution in [0.2, 0.25) is 0 Å². The SMILES string of the molecule is Cc1c(N)nn(C)c1CCC(=O)O. The van der Waals surface area contributed by atoms with E-state index in [-0.39, 0.29) is 6.42 Å². The lowest BCUT2D eigenvalue weighted by Crippen LogP contribution is -2.03. The summed E-state index contributed by atoms with van der Waals surface area (Å²) in [5, 5.41) is 12.5. The molecule has 0 radical (unpaired) electrons. The molecule has 1 rings (SSSR count). The van der Waals surface area contributed by atoms with Gasteiger partial charge < -0.3 is 10.8 Å².